The maximum atomic E-state index is 5.20. The minimum atomic E-state index is 0.704. The molecule has 0 bridgehead atoms. The van der Waals surface area contributed by atoms with E-state index >= 15 is 0 Å². The highest BCUT2D eigenvalue weighted by molar-refractivity contribution is 5.27. The summed E-state index contributed by atoms with van der Waals surface area (Å²) in [7, 11) is 3.85. The number of fused-ring (bicyclic) bond motifs is 1. The van der Waals surface area contributed by atoms with Crippen molar-refractivity contribution in [2.24, 2.45) is 17.8 Å². The number of rotatable bonds is 6. The summed E-state index contributed by atoms with van der Waals surface area (Å²) < 4.78 is 5.20. The molecule has 2 fully saturated rings. The molecule has 0 amide bonds. The molecule has 0 radical (unpaired) electrons. The number of hydrogen-bond donors (Lipinski definition) is 1. The smallest absolute Gasteiger partial charge is 0.118 e. The molecular weight excluding hydrogens is 234 g/mol. The van der Waals surface area contributed by atoms with Crippen LogP contribution >= 0.6 is 0 Å². The van der Waals surface area contributed by atoms with Gasteiger partial charge in [0, 0.05) is 6.04 Å². The van der Waals surface area contributed by atoms with Gasteiger partial charge in [-0.15, -0.1) is 0 Å². The molecule has 3 unspecified atom stereocenters. The molecule has 0 aliphatic heterocycles. The fourth-order valence-corrected chi connectivity index (χ4v) is 3.82. The van der Waals surface area contributed by atoms with Crippen LogP contribution in [0, 0.1) is 17.8 Å². The third kappa shape index (κ3) is 2.94. The van der Waals surface area contributed by atoms with Gasteiger partial charge < -0.3 is 10.1 Å². The Bertz CT molecular complexity index is 404. The summed E-state index contributed by atoms with van der Waals surface area (Å²) in [5.41, 5.74) is 1.42. The summed E-state index contributed by atoms with van der Waals surface area (Å²) in [6, 6.07) is 9.22. The van der Waals surface area contributed by atoms with E-state index in [0.717, 1.165) is 23.5 Å². The monoisotopic (exact) mass is 259 g/mol. The van der Waals surface area contributed by atoms with Crippen LogP contribution in [-0.4, -0.2) is 20.2 Å². The van der Waals surface area contributed by atoms with Crippen molar-refractivity contribution in [2.45, 2.75) is 38.1 Å². The van der Waals surface area contributed by atoms with E-state index in [-0.39, 0.29) is 0 Å². The second kappa shape index (κ2) is 5.54. The number of nitrogens with one attached hydrogen (secondary N) is 1. The topological polar surface area (TPSA) is 21.3 Å². The van der Waals surface area contributed by atoms with Crippen LogP contribution in [0.2, 0.25) is 0 Å². The van der Waals surface area contributed by atoms with Crippen LogP contribution in [-0.2, 0) is 6.42 Å². The first-order valence-electron chi connectivity index (χ1n) is 7.60. The number of ether oxygens (including phenoxy) is 1. The van der Waals surface area contributed by atoms with Crippen molar-refractivity contribution >= 4 is 0 Å². The largest absolute Gasteiger partial charge is 0.497 e. The Hall–Kier alpha value is -1.02. The molecule has 3 rings (SSSR count). The van der Waals surface area contributed by atoms with Crippen LogP contribution in [0.1, 0.15) is 31.2 Å². The lowest BCUT2D eigenvalue weighted by molar-refractivity contribution is 0.335. The van der Waals surface area contributed by atoms with Gasteiger partial charge >= 0.3 is 0 Å². The Morgan fingerprint density at radius 3 is 2.42 bits per heavy atom. The van der Waals surface area contributed by atoms with Crippen molar-refractivity contribution in [1.29, 1.82) is 0 Å². The van der Waals surface area contributed by atoms with E-state index < -0.39 is 0 Å². The van der Waals surface area contributed by atoms with E-state index in [2.05, 4.69) is 36.6 Å². The van der Waals surface area contributed by atoms with Gasteiger partial charge in [-0.25, -0.2) is 0 Å². The summed E-state index contributed by atoms with van der Waals surface area (Å²) in [4.78, 5) is 0. The molecule has 1 aromatic rings. The van der Waals surface area contributed by atoms with Crippen LogP contribution < -0.4 is 10.1 Å². The predicted octanol–water partition coefficient (Wildman–Crippen LogP) is 3.26. The molecule has 2 nitrogen and oxygen atoms in total. The highest BCUT2D eigenvalue weighted by Gasteiger charge is 2.47. The minimum absolute atomic E-state index is 0.704. The molecule has 0 heterocycles. The average molecular weight is 259 g/mol. The van der Waals surface area contributed by atoms with Gasteiger partial charge in [-0.3, -0.25) is 0 Å². The highest BCUT2D eigenvalue weighted by atomic mass is 16.5. The predicted molar refractivity (Wildman–Crippen MR) is 78.5 cm³/mol. The van der Waals surface area contributed by atoms with Crippen molar-refractivity contribution in [3.63, 3.8) is 0 Å². The SMILES string of the molecule is CNC(CCc1ccc(OC)cc1)C1CC2CC2C1. The number of methoxy groups -OCH3 is 1. The molecule has 0 spiro atoms. The molecule has 1 aromatic carbocycles. The standard InChI is InChI=1S/C17H25NO/c1-18-17(15-10-13-9-14(13)11-15)8-5-12-3-6-16(19-2)7-4-12/h3-4,6-7,13-15,17-18H,5,8-11H2,1-2H3. The lowest BCUT2D eigenvalue weighted by Gasteiger charge is -2.24. The zero-order valence-corrected chi connectivity index (χ0v) is 12.1. The Morgan fingerprint density at radius 1 is 1.16 bits per heavy atom. The molecule has 0 saturated heterocycles. The first-order valence-corrected chi connectivity index (χ1v) is 7.60. The summed E-state index contributed by atoms with van der Waals surface area (Å²) in [6.45, 7) is 0. The van der Waals surface area contributed by atoms with Gasteiger partial charge in [0.25, 0.3) is 0 Å². The normalized spacial score (nSPS) is 29.9. The molecule has 1 N–H and O–H groups in total. The van der Waals surface area contributed by atoms with Crippen LogP contribution in [0.5, 0.6) is 5.75 Å². The van der Waals surface area contributed by atoms with Gasteiger partial charge in [0.15, 0.2) is 0 Å². The average Bonchev–Trinajstić information content (AvgIpc) is 3.07. The van der Waals surface area contributed by atoms with E-state index in [0.29, 0.717) is 6.04 Å². The Kier molecular flexibility index (Phi) is 3.79. The van der Waals surface area contributed by atoms with Crippen LogP contribution in [0.3, 0.4) is 0 Å². The summed E-state index contributed by atoms with van der Waals surface area (Å²) in [5.74, 6) is 4.04. The van der Waals surface area contributed by atoms with Gasteiger partial charge in [0.05, 0.1) is 7.11 Å². The number of hydrogen-bond acceptors (Lipinski definition) is 2. The molecule has 19 heavy (non-hydrogen) atoms. The van der Waals surface area contributed by atoms with E-state index in [1.54, 1.807) is 7.11 Å². The molecule has 2 aliphatic carbocycles. The summed E-state index contributed by atoms with van der Waals surface area (Å²) >= 11 is 0. The van der Waals surface area contributed by atoms with E-state index in [9.17, 15) is 0 Å². The maximum absolute atomic E-state index is 5.20. The maximum Gasteiger partial charge on any atom is 0.118 e. The third-order valence-corrected chi connectivity index (χ3v) is 5.12. The highest BCUT2D eigenvalue weighted by Crippen LogP contribution is 2.55. The van der Waals surface area contributed by atoms with Crippen LogP contribution in [0.15, 0.2) is 24.3 Å². The van der Waals surface area contributed by atoms with Crippen LogP contribution in [0.4, 0.5) is 0 Å². The van der Waals surface area contributed by atoms with E-state index in [4.69, 9.17) is 4.74 Å². The van der Waals surface area contributed by atoms with Gasteiger partial charge in [0.2, 0.25) is 0 Å². The molecule has 3 atom stereocenters. The van der Waals surface area contributed by atoms with E-state index in [1.807, 2.05) is 0 Å². The Morgan fingerprint density at radius 2 is 1.84 bits per heavy atom. The van der Waals surface area contributed by atoms with Gasteiger partial charge in [0.1, 0.15) is 5.75 Å². The molecule has 2 aliphatic rings. The van der Waals surface area contributed by atoms with Crippen LogP contribution in [0.25, 0.3) is 0 Å². The quantitative estimate of drug-likeness (QED) is 0.846. The number of benzene rings is 1. The summed E-state index contributed by atoms with van der Waals surface area (Å²) in [5, 5.41) is 3.55. The van der Waals surface area contributed by atoms with Crippen molar-refractivity contribution in [3.8, 4) is 5.75 Å². The Balaban J connectivity index is 1.51. The molecule has 2 saturated carbocycles. The van der Waals surface area contributed by atoms with Crippen molar-refractivity contribution < 1.29 is 4.74 Å². The first-order chi connectivity index (χ1) is 9.30. The van der Waals surface area contributed by atoms with Crippen molar-refractivity contribution in [2.75, 3.05) is 14.2 Å². The zero-order valence-electron chi connectivity index (χ0n) is 12.1. The van der Waals surface area contributed by atoms with Crippen molar-refractivity contribution in [3.05, 3.63) is 29.8 Å². The fourth-order valence-electron chi connectivity index (χ4n) is 3.82. The molecule has 0 aromatic heterocycles. The third-order valence-electron chi connectivity index (χ3n) is 5.12. The zero-order chi connectivity index (χ0) is 13.2. The second-order valence-corrected chi connectivity index (χ2v) is 6.27. The molecule has 2 heteroatoms. The van der Waals surface area contributed by atoms with Gasteiger partial charge in [-0.2, -0.15) is 0 Å². The molecular formula is C17H25NO. The Labute approximate surface area is 116 Å². The van der Waals surface area contributed by atoms with Gasteiger partial charge in [-0.1, -0.05) is 12.1 Å². The first kappa shape index (κ1) is 13.0. The number of aryl methyl sites for hydroxylation is 1. The minimum Gasteiger partial charge on any atom is -0.497 e. The lowest BCUT2D eigenvalue weighted by atomic mass is 9.90. The lowest BCUT2D eigenvalue weighted by Crippen LogP contribution is -2.33. The molecule has 104 valence electrons. The van der Waals surface area contributed by atoms with Gasteiger partial charge in [-0.05, 0) is 74.6 Å². The fraction of sp³-hybridized carbons (Fsp3) is 0.647. The van der Waals surface area contributed by atoms with E-state index in [1.165, 1.54) is 37.7 Å². The second-order valence-electron chi connectivity index (χ2n) is 6.27. The van der Waals surface area contributed by atoms with Crippen molar-refractivity contribution in [1.82, 2.24) is 5.32 Å². The summed E-state index contributed by atoms with van der Waals surface area (Å²) in [6.07, 6.45) is 6.89.